The van der Waals surface area contributed by atoms with Crippen LogP contribution in [0.4, 0.5) is 0 Å². The molecule has 0 aliphatic heterocycles. The van der Waals surface area contributed by atoms with Gasteiger partial charge in [-0.25, -0.2) is 4.98 Å². The average Bonchev–Trinajstić information content (AvgIpc) is 3.27. The molecule has 0 saturated carbocycles. The highest BCUT2D eigenvalue weighted by Gasteiger charge is 2.12. The van der Waals surface area contributed by atoms with E-state index in [1.165, 1.54) is 0 Å². The highest BCUT2D eigenvalue weighted by atomic mass is 35.5. The smallest absolute Gasteiger partial charge is 0.137 e. The molecule has 0 aliphatic carbocycles. The van der Waals surface area contributed by atoms with Crippen LogP contribution in [0.3, 0.4) is 0 Å². The summed E-state index contributed by atoms with van der Waals surface area (Å²) in [7, 11) is 1.61. The monoisotopic (exact) mass is 449 g/mol. The van der Waals surface area contributed by atoms with Gasteiger partial charge in [0.2, 0.25) is 0 Å². The van der Waals surface area contributed by atoms with Crippen molar-refractivity contribution in [3.05, 3.63) is 88.0 Å². The summed E-state index contributed by atoms with van der Waals surface area (Å²) in [4.78, 5) is 7.74. The van der Waals surface area contributed by atoms with Gasteiger partial charge in [0.1, 0.15) is 23.9 Å². The number of aromatic amines is 1. The topological polar surface area (TPSA) is 70.9 Å². The van der Waals surface area contributed by atoms with E-state index in [9.17, 15) is 0 Å². The third kappa shape index (κ3) is 4.83. The number of rotatable bonds is 6. The lowest BCUT2D eigenvalue weighted by molar-refractivity contribution is 0.304. The van der Waals surface area contributed by atoms with Crippen LogP contribution in [0.1, 0.15) is 11.1 Å². The minimum atomic E-state index is 0.387. The van der Waals surface area contributed by atoms with E-state index in [0.29, 0.717) is 39.5 Å². The second kappa shape index (κ2) is 9.13. The lowest BCUT2D eigenvalue weighted by Gasteiger charge is -2.11. The maximum atomic E-state index is 8.89. The third-order valence-electron chi connectivity index (χ3n) is 4.66. The molecule has 4 aromatic rings. The van der Waals surface area contributed by atoms with Crippen LogP contribution in [0.5, 0.6) is 11.5 Å². The van der Waals surface area contributed by atoms with Crippen LogP contribution in [-0.2, 0) is 6.61 Å². The Morgan fingerprint density at radius 1 is 1.00 bits per heavy atom. The van der Waals surface area contributed by atoms with Crippen molar-refractivity contribution in [3.8, 4) is 40.2 Å². The first kappa shape index (κ1) is 20.8. The standard InChI is InChI=1S/C24H17Cl2N3O2/c1-30-23-11-20(31-14-16-4-2-15(12-27)3-5-16)6-7-21(23)22-13-28-24(29-22)17-8-18(25)10-19(26)9-17/h2-11,13H,14H2,1H3,(H,28,29). The largest absolute Gasteiger partial charge is 0.496 e. The van der Waals surface area contributed by atoms with Gasteiger partial charge in [0.15, 0.2) is 0 Å². The first-order chi connectivity index (χ1) is 15.1. The number of nitrogens with one attached hydrogen (secondary N) is 1. The van der Waals surface area contributed by atoms with Gasteiger partial charge < -0.3 is 14.5 Å². The molecule has 1 N–H and O–H groups in total. The Balaban J connectivity index is 1.54. The van der Waals surface area contributed by atoms with Crippen molar-refractivity contribution in [2.45, 2.75) is 6.61 Å². The average molecular weight is 450 g/mol. The molecule has 0 aliphatic rings. The predicted octanol–water partition coefficient (Wildman–Crippen LogP) is 6.51. The van der Waals surface area contributed by atoms with Gasteiger partial charge in [-0.1, -0.05) is 35.3 Å². The molecule has 0 amide bonds. The Kier molecular flexibility index (Phi) is 6.13. The van der Waals surface area contributed by atoms with Gasteiger partial charge in [-0.15, -0.1) is 0 Å². The number of benzene rings is 3. The molecule has 1 aromatic heterocycles. The fourth-order valence-corrected chi connectivity index (χ4v) is 3.65. The van der Waals surface area contributed by atoms with E-state index in [0.717, 1.165) is 22.4 Å². The van der Waals surface area contributed by atoms with Crippen molar-refractivity contribution in [3.63, 3.8) is 0 Å². The lowest BCUT2D eigenvalue weighted by Crippen LogP contribution is -1.97. The van der Waals surface area contributed by atoms with E-state index in [1.807, 2.05) is 30.3 Å². The molecule has 4 rings (SSSR count). The van der Waals surface area contributed by atoms with Crippen LogP contribution in [0.2, 0.25) is 10.0 Å². The van der Waals surface area contributed by atoms with Gasteiger partial charge in [0, 0.05) is 27.2 Å². The number of hydrogen-bond donors (Lipinski definition) is 1. The molecule has 0 bridgehead atoms. The highest BCUT2D eigenvalue weighted by Crippen LogP contribution is 2.34. The number of aromatic nitrogens is 2. The summed E-state index contributed by atoms with van der Waals surface area (Å²) < 4.78 is 11.5. The molecular weight excluding hydrogens is 433 g/mol. The molecule has 31 heavy (non-hydrogen) atoms. The Bertz CT molecular complexity index is 1240. The molecule has 0 unspecified atom stereocenters. The van der Waals surface area contributed by atoms with Crippen LogP contribution >= 0.6 is 23.2 Å². The molecule has 0 radical (unpaired) electrons. The number of methoxy groups -OCH3 is 1. The van der Waals surface area contributed by atoms with E-state index in [-0.39, 0.29) is 0 Å². The second-order valence-corrected chi connectivity index (χ2v) is 7.64. The van der Waals surface area contributed by atoms with Crippen LogP contribution in [0.15, 0.2) is 66.9 Å². The summed E-state index contributed by atoms with van der Waals surface area (Å²) in [5.74, 6) is 1.98. The zero-order valence-electron chi connectivity index (χ0n) is 16.5. The Morgan fingerprint density at radius 3 is 2.42 bits per heavy atom. The van der Waals surface area contributed by atoms with E-state index < -0.39 is 0 Å². The van der Waals surface area contributed by atoms with Crippen LogP contribution in [0.25, 0.3) is 22.6 Å². The Hall–Kier alpha value is -3.46. The molecule has 0 spiro atoms. The van der Waals surface area contributed by atoms with Crippen molar-refractivity contribution in [1.29, 1.82) is 5.26 Å². The lowest BCUT2D eigenvalue weighted by atomic mass is 10.1. The number of imidazole rings is 1. The molecule has 5 nitrogen and oxygen atoms in total. The number of H-pyrrole nitrogens is 1. The number of nitrogens with zero attached hydrogens (tertiary/aromatic N) is 2. The van der Waals surface area contributed by atoms with Gasteiger partial charge in [-0.2, -0.15) is 5.26 Å². The zero-order chi connectivity index (χ0) is 21.8. The van der Waals surface area contributed by atoms with E-state index in [1.54, 1.807) is 43.6 Å². The van der Waals surface area contributed by atoms with Crippen LogP contribution < -0.4 is 9.47 Å². The third-order valence-corrected chi connectivity index (χ3v) is 5.10. The van der Waals surface area contributed by atoms with Gasteiger partial charge >= 0.3 is 0 Å². The number of nitriles is 1. The SMILES string of the molecule is COc1cc(OCc2ccc(C#N)cc2)ccc1-c1cnc(-c2cc(Cl)cc(Cl)c2)[nH]1. The normalized spacial score (nSPS) is 10.5. The van der Waals surface area contributed by atoms with Gasteiger partial charge in [0.25, 0.3) is 0 Å². The van der Waals surface area contributed by atoms with Crippen molar-refractivity contribution in [2.75, 3.05) is 7.11 Å². The summed E-state index contributed by atoms with van der Waals surface area (Å²) in [6, 6.07) is 20.3. The summed E-state index contributed by atoms with van der Waals surface area (Å²) in [5, 5.41) is 9.98. The minimum Gasteiger partial charge on any atom is -0.496 e. The van der Waals surface area contributed by atoms with E-state index in [4.69, 9.17) is 37.9 Å². The first-order valence-electron chi connectivity index (χ1n) is 9.37. The van der Waals surface area contributed by atoms with Crippen LogP contribution in [0, 0.1) is 11.3 Å². The second-order valence-electron chi connectivity index (χ2n) is 6.76. The quantitative estimate of drug-likeness (QED) is 0.364. The molecule has 7 heteroatoms. The molecule has 0 atom stereocenters. The zero-order valence-corrected chi connectivity index (χ0v) is 18.0. The fraction of sp³-hybridized carbons (Fsp3) is 0.0833. The molecule has 3 aromatic carbocycles. The number of hydrogen-bond acceptors (Lipinski definition) is 4. The van der Waals surface area contributed by atoms with E-state index >= 15 is 0 Å². The molecule has 1 heterocycles. The molecule has 0 fully saturated rings. The maximum absolute atomic E-state index is 8.89. The Morgan fingerprint density at radius 2 is 1.74 bits per heavy atom. The highest BCUT2D eigenvalue weighted by molar-refractivity contribution is 6.35. The summed E-state index contributed by atoms with van der Waals surface area (Å²) in [6.45, 7) is 0.387. The molecule has 0 saturated heterocycles. The van der Waals surface area contributed by atoms with Crippen molar-refractivity contribution in [1.82, 2.24) is 9.97 Å². The summed E-state index contributed by atoms with van der Waals surface area (Å²) >= 11 is 12.2. The number of ether oxygens (including phenoxy) is 2. The predicted molar refractivity (Wildman–Crippen MR) is 122 cm³/mol. The summed E-state index contributed by atoms with van der Waals surface area (Å²) in [5.41, 5.74) is 4.03. The number of halogens is 2. The molecule has 154 valence electrons. The van der Waals surface area contributed by atoms with Crippen molar-refractivity contribution >= 4 is 23.2 Å². The fourth-order valence-electron chi connectivity index (χ4n) is 3.12. The maximum Gasteiger partial charge on any atom is 0.137 e. The van der Waals surface area contributed by atoms with Gasteiger partial charge in [-0.3, -0.25) is 0 Å². The van der Waals surface area contributed by atoms with Gasteiger partial charge in [-0.05, 0) is 48.0 Å². The Labute approximate surface area is 189 Å². The minimum absolute atomic E-state index is 0.387. The van der Waals surface area contributed by atoms with Crippen molar-refractivity contribution < 1.29 is 9.47 Å². The van der Waals surface area contributed by atoms with Crippen LogP contribution in [-0.4, -0.2) is 17.1 Å². The molecular formula is C24H17Cl2N3O2. The van der Waals surface area contributed by atoms with Gasteiger partial charge in [0.05, 0.1) is 30.6 Å². The van der Waals surface area contributed by atoms with Crippen molar-refractivity contribution in [2.24, 2.45) is 0 Å². The summed E-state index contributed by atoms with van der Waals surface area (Å²) in [6.07, 6.45) is 1.74. The van der Waals surface area contributed by atoms with E-state index in [2.05, 4.69) is 16.0 Å². The first-order valence-corrected chi connectivity index (χ1v) is 10.1.